The predicted octanol–water partition coefficient (Wildman–Crippen LogP) is 4.03. The number of carbonyl (C=O) groups excluding carboxylic acids is 1. The Hall–Kier alpha value is -1.46. The highest BCUT2D eigenvalue weighted by Gasteiger charge is 2.28. The molecule has 2 atom stereocenters. The molecule has 1 saturated heterocycles. The first-order valence-electron chi connectivity index (χ1n) is 9.90. The van der Waals surface area contributed by atoms with Gasteiger partial charge in [-0.2, -0.15) is 0 Å². The van der Waals surface area contributed by atoms with Crippen molar-refractivity contribution in [1.29, 1.82) is 0 Å². The van der Waals surface area contributed by atoms with E-state index in [1.54, 1.807) is 7.11 Å². The van der Waals surface area contributed by atoms with Crippen molar-refractivity contribution in [2.24, 2.45) is 5.92 Å². The van der Waals surface area contributed by atoms with Crippen LogP contribution in [0.15, 0.2) is 18.2 Å². The first-order chi connectivity index (χ1) is 12.6. The summed E-state index contributed by atoms with van der Waals surface area (Å²) < 4.78 is 11.2. The Labute approximate surface area is 170 Å². The summed E-state index contributed by atoms with van der Waals surface area (Å²) in [6, 6.07) is 6.39. The molecule has 6 heteroatoms. The smallest absolute Gasteiger partial charge is 0.226 e. The highest BCUT2D eigenvalue weighted by Crippen LogP contribution is 2.29. The maximum absolute atomic E-state index is 13.0. The van der Waals surface area contributed by atoms with Crippen molar-refractivity contribution >= 4 is 18.3 Å². The van der Waals surface area contributed by atoms with E-state index in [1.807, 2.05) is 23.1 Å². The van der Waals surface area contributed by atoms with Crippen LogP contribution in [-0.2, 0) is 11.3 Å². The van der Waals surface area contributed by atoms with E-state index < -0.39 is 0 Å². The number of hydrogen-bond acceptors (Lipinski definition) is 4. The number of nitrogens with zero attached hydrogens (tertiary/aromatic N) is 1. The molecule has 1 aromatic carbocycles. The van der Waals surface area contributed by atoms with E-state index in [-0.39, 0.29) is 24.2 Å². The maximum Gasteiger partial charge on any atom is 0.226 e. The van der Waals surface area contributed by atoms with Gasteiger partial charge in [0, 0.05) is 25.0 Å². The Kier molecular flexibility index (Phi) is 10.6. The second-order valence-corrected chi connectivity index (χ2v) is 7.17. The number of rotatable bonds is 9. The number of carbonyl (C=O) groups is 1. The first-order valence-corrected chi connectivity index (χ1v) is 9.90. The first kappa shape index (κ1) is 23.6. The number of methoxy groups -OCH3 is 1. The quantitative estimate of drug-likeness (QED) is 0.682. The van der Waals surface area contributed by atoms with Crippen LogP contribution in [0.2, 0.25) is 0 Å². The maximum atomic E-state index is 13.0. The Morgan fingerprint density at radius 2 is 2.04 bits per heavy atom. The van der Waals surface area contributed by atoms with Crippen molar-refractivity contribution in [3.05, 3.63) is 23.8 Å². The molecule has 0 saturated carbocycles. The number of ether oxygens (including phenoxy) is 2. The van der Waals surface area contributed by atoms with E-state index in [2.05, 4.69) is 26.1 Å². The number of benzene rings is 1. The standard InChI is InChI=1S/C21H34N2O3.ClH/c1-5-11-23(21(24)18-9-10-22-16(3)13-18)15-17-7-8-19(26-12-6-2)20(14-17)25-4;/h7-8,14,16,18,22H,5-6,9-13,15H2,1-4H3;1H/t16-,18-;/m0./s1. The van der Waals surface area contributed by atoms with Crippen molar-refractivity contribution in [2.75, 3.05) is 26.8 Å². The van der Waals surface area contributed by atoms with E-state index in [9.17, 15) is 4.79 Å². The zero-order chi connectivity index (χ0) is 18.9. The summed E-state index contributed by atoms with van der Waals surface area (Å²) in [5.41, 5.74) is 1.08. The van der Waals surface area contributed by atoms with Crippen molar-refractivity contribution in [3.8, 4) is 11.5 Å². The Balaban J connectivity index is 0.00000364. The molecule has 0 aromatic heterocycles. The third-order valence-corrected chi connectivity index (χ3v) is 4.84. The van der Waals surface area contributed by atoms with Gasteiger partial charge in [0.1, 0.15) is 0 Å². The van der Waals surface area contributed by atoms with E-state index >= 15 is 0 Å². The third kappa shape index (κ3) is 6.89. The number of nitrogens with one attached hydrogen (secondary N) is 1. The van der Waals surface area contributed by atoms with Gasteiger partial charge in [-0.25, -0.2) is 0 Å². The molecule has 2 rings (SSSR count). The molecule has 1 N–H and O–H groups in total. The molecule has 1 heterocycles. The van der Waals surface area contributed by atoms with Gasteiger partial charge in [0.2, 0.25) is 5.91 Å². The third-order valence-electron chi connectivity index (χ3n) is 4.84. The molecular weight excluding hydrogens is 364 g/mol. The van der Waals surface area contributed by atoms with Gasteiger partial charge < -0.3 is 19.7 Å². The fourth-order valence-electron chi connectivity index (χ4n) is 3.51. The van der Waals surface area contributed by atoms with Crippen molar-refractivity contribution < 1.29 is 14.3 Å². The molecule has 154 valence electrons. The molecule has 0 spiro atoms. The molecule has 0 unspecified atom stereocenters. The highest BCUT2D eigenvalue weighted by molar-refractivity contribution is 5.85. The van der Waals surface area contributed by atoms with E-state index in [1.165, 1.54) is 0 Å². The van der Waals surface area contributed by atoms with Gasteiger partial charge in [0.25, 0.3) is 0 Å². The number of amides is 1. The van der Waals surface area contributed by atoms with Gasteiger partial charge in [-0.3, -0.25) is 4.79 Å². The number of halogens is 1. The lowest BCUT2D eigenvalue weighted by molar-refractivity contribution is -0.137. The van der Waals surface area contributed by atoms with Gasteiger partial charge >= 0.3 is 0 Å². The Morgan fingerprint density at radius 3 is 2.67 bits per heavy atom. The monoisotopic (exact) mass is 398 g/mol. The summed E-state index contributed by atoms with van der Waals surface area (Å²) in [6.45, 7) is 9.36. The molecule has 0 aliphatic carbocycles. The largest absolute Gasteiger partial charge is 0.493 e. The highest BCUT2D eigenvalue weighted by atomic mass is 35.5. The van der Waals surface area contributed by atoms with Gasteiger partial charge in [-0.15, -0.1) is 12.4 Å². The van der Waals surface area contributed by atoms with Crippen molar-refractivity contribution in [1.82, 2.24) is 10.2 Å². The van der Waals surface area contributed by atoms with Crippen LogP contribution < -0.4 is 14.8 Å². The fraction of sp³-hybridized carbons (Fsp3) is 0.667. The molecule has 0 radical (unpaired) electrons. The van der Waals surface area contributed by atoms with Crippen LogP contribution in [0.5, 0.6) is 11.5 Å². The van der Waals surface area contributed by atoms with Gasteiger partial charge in [-0.1, -0.05) is 19.9 Å². The minimum Gasteiger partial charge on any atom is -0.493 e. The summed E-state index contributed by atoms with van der Waals surface area (Å²) in [7, 11) is 1.66. The topological polar surface area (TPSA) is 50.8 Å². The van der Waals surface area contributed by atoms with Crippen LogP contribution in [0.3, 0.4) is 0 Å². The minimum absolute atomic E-state index is 0. The molecule has 5 nitrogen and oxygen atoms in total. The van der Waals surface area contributed by atoms with Crippen LogP contribution in [0.4, 0.5) is 0 Å². The Morgan fingerprint density at radius 1 is 1.26 bits per heavy atom. The van der Waals surface area contributed by atoms with E-state index in [0.29, 0.717) is 19.2 Å². The van der Waals surface area contributed by atoms with Gasteiger partial charge in [0.05, 0.1) is 13.7 Å². The second kappa shape index (κ2) is 12.1. The fourth-order valence-corrected chi connectivity index (χ4v) is 3.51. The van der Waals surface area contributed by atoms with Crippen LogP contribution in [0.25, 0.3) is 0 Å². The molecule has 1 aromatic rings. The average molecular weight is 399 g/mol. The van der Waals surface area contributed by atoms with E-state index in [0.717, 1.165) is 55.8 Å². The normalized spacial score (nSPS) is 19.1. The van der Waals surface area contributed by atoms with E-state index in [4.69, 9.17) is 9.47 Å². The molecule has 0 bridgehead atoms. The number of piperidine rings is 1. The molecule has 1 fully saturated rings. The predicted molar refractivity (Wildman–Crippen MR) is 112 cm³/mol. The van der Waals surface area contributed by atoms with Crippen LogP contribution in [0.1, 0.15) is 52.0 Å². The van der Waals surface area contributed by atoms with Crippen molar-refractivity contribution in [3.63, 3.8) is 0 Å². The summed E-state index contributed by atoms with van der Waals surface area (Å²) in [5, 5.41) is 3.42. The zero-order valence-electron chi connectivity index (χ0n) is 17.1. The molecule has 27 heavy (non-hydrogen) atoms. The lowest BCUT2D eigenvalue weighted by Crippen LogP contribution is -2.44. The van der Waals surface area contributed by atoms with Crippen molar-refractivity contribution in [2.45, 2.75) is 59.0 Å². The summed E-state index contributed by atoms with van der Waals surface area (Å²) in [5.74, 6) is 1.91. The second-order valence-electron chi connectivity index (χ2n) is 7.17. The molecular formula is C21H35ClN2O3. The molecule has 1 aliphatic rings. The lowest BCUT2D eigenvalue weighted by atomic mass is 9.91. The number of hydrogen-bond donors (Lipinski definition) is 1. The van der Waals surface area contributed by atoms with Crippen LogP contribution in [0, 0.1) is 5.92 Å². The SMILES string of the molecule is CCCOc1ccc(CN(CCC)C(=O)[C@H]2CCN[C@@H](C)C2)cc1OC.Cl. The van der Waals surface area contributed by atoms with Crippen LogP contribution in [-0.4, -0.2) is 43.7 Å². The molecule has 1 aliphatic heterocycles. The lowest BCUT2D eigenvalue weighted by Gasteiger charge is -2.32. The summed E-state index contributed by atoms with van der Waals surface area (Å²) >= 11 is 0. The summed E-state index contributed by atoms with van der Waals surface area (Å²) in [6.07, 6.45) is 3.77. The van der Waals surface area contributed by atoms with Gasteiger partial charge in [0.15, 0.2) is 11.5 Å². The Bertz CT molecular complexity index is 583. The average Bonchev–Trinajstić information content (AvgIpc) is 2.65. The summed E-state index contributed by atoms with van der Waals surface area (Å²) in [4.78, 5) is 15.0. The van der Waals surface area contributed by atoms with Gasteiger partial charge in [-0.05, 0) is 56.8 Å². The molecule has 1 amide bonds. The zero-order valence-corrected chi connectivity index (χ0v) is 17.9. The van der Waals surface area contributed by atoms with Crippen LogP contribution >= 0.6 is 12.4 Å². The minimum atomic E-state index is 0.